The molecule has 2 unspecified atom stereocenters. The van der Waals surface area contributed by atoms with E-state index in [-0.39, 0.29) is 18.1 Å². The van der Waals surface area contributed by atoms with Gasteiger partial charge in [-0.15, -0.1) is 0 Å². The molecule has 1 saturated carbocycles. The van der Waals surface area contributed by atoms with E-state index in [1.54, 1.807) is 11.9 Å². The summed E-state index contributed by atoms with van der Waals surface area (Å²) in [5.74, 6) is 0.0957. The van der Waals surface area contributed by atoms with Crippen LogP contribution in [0.5, 0.6) is 0 Å². The summed E-state index contributed by atoms with van der Waals surface area (Å²) in [6.45, 7) is 0. The van der Waals surface area contributed by atoms with E-state index in [1.807, 2.05) is 24.3 Å². The molecule has 0 bridgehead atoms. The lowest BCUT2D eigenvalue weighted by Crippen LogP contribution is -2.46. The maximum absolute atomic E-state index is 12.2. The molecule has 0 aromatic heterocycles. The Morgan fingerprint density at radius 2 is 2.15 bits per heavy atom. The molecule has 20 heavy (non-hydrogen) atoms. The Morgan fingerprint density at radius 1 is 1.40 bits per heavy atom. The minimum absolute atomic E-state index is 0.0166. The first kappa shape index (κ1) is 14.9. The maximum atomic E-state index is 12.2. The fourth-order valence-corrected chi connectivity index (χ4v) is 2.90. The van der Waals surface area contributed by atoms with E-state index >= 15 is 0 Å². The molecule has 4 nitrogen and oxygen atoms in total. The second-order valence-electron chi connectivity index (χ2n) is 5.67. The maximum Gasteiger partial charge on any atom is 0.222 e. The number of anilines is 1. The number of nitrogens with two attached hydrogens (primary N) is 1. The van der Waals surface area contributed by atoms with Crippen LogP contribution in [-0.4, -0.2) is 35.1 Å². The second-order valence-corrected chi connectivity index (χ2v) is 5.67. The minimum Gasteiger partial charge on any atom is -0.399 e. The number of carbonyl (C=O) groups excluding carboxylic acids is 1. The van der Waals surface area contributed by atoms with E-state index < -0.39 is 0 Å². The molecule has 110 valence electrons. The summed E-state index contributed by atoms with van der Waals surface area (Å²) in [6, 6.07) is 7.62. The van der Waals surface area contributed by atoms with Crippen molar-refractivity contribution in [3.8, 4) is 0 Å². The van der Waals surface area contributed by atoms with Gasteiger partial charge in [-0.2, -0.15) is 0 Å². The molecule has 1 fully saturated rings. The third-order valence-corrected chi connectivity index (χ3v) is 4.16. The minimum atomic E-state index is -0.370. The Kier molecular flexibility index (Phi) is 5.01. The van der Waals surface area contributed by atoms with Gasteiger partial charge in [-0.3, -0.25) is 4.79 Å². The van der Waals surface area contributed by atoms with Gasteiger partial charge in [-0.1, -0.05) is 25.0 Å². The summed E-state index contributed by atoms with van der Waals surface area (Å²) in [7, 11) is 1.81. The molecule has 0 spiro atoms. The number of aliphatic hydroxyl groups is 1. The first-order valence-electron chi connectivity index (χ1n) is 7.36. The summed E-state index contributed by atoms with van der Waals surface area (Å²) in [5.41, 5.74) is 7.54. The monoisotopic (exact) mass is 276 g/mol. The molecule has 2 atom stereocenters. The fourth-order valence-electron chi connectivity index (χ4n) is 2.90. The number of nitrogens with zero attached hydrogens (tertiary/aromatic N) is 1. The Balaban J connectivity index is 1.87. The second kappa shape index (κ2) is 6.75. The van der Waals surface area contributed by atoms with E-state index in [1.165, 1.54) is 0 Å². The van der Waals surface area contributed by atoms with Crippen LogP contribution in [0.15, 0.2) is 24.3 Å². The molecule has 1 aromatic rings. The zero-order chi connectivity index (χ0) is 14.5. The van der Waals surface area contributed by atoms with Gasteiger partial charge in [0, 0.05) is 19.2 Å². The normalized spacial score (nSPS) is 22.5. The van der Waals surface area contributed by atoms with Crippen molar-refractivity contribution in [2.24, 2.45) is 0 Å². The summed E-state index contributed by atoms with van der Waals surface area (Å²) in [6.07, 6.45) is 4.64. The number of hydrogen-bond acceptors (Lipinski definition) is 3. The number of rotatable bonds is 4. The van der Waals surface area contributed by atoms with Gasteiger partial charge in [-0.05, 0) is 37.0 Å². The number of nitrogen functional groups attached to an aromatic ring is 1. The van der Waals surface area contributed by atoms with E-state index in [0.29, 0.717) is 12.8 Å². The van der Waals surface area contributed by atoms with Crippen LogP contribution in [0, 0.1) is 0 Å². The van der Waals surface area contributed by atoms with Crippen molar-refractivity contribution in [3.05, 3.63) is 29.8 Å². The molecule has 0 saturated heterocycles. The zero-order valence-electron chi connectivity index (χ0n) is 12.1. The molecule has 3 N–H and O–H groups in total. The molecule has 1 aliphatic carbocycles. The van der Waals surface area contributed by atoms with Crippen LogP contribution in [0.1, 0.15) is 37.7 Å². The Morgan fingerprint density at radius 3 is 2.85 bits per heavy atom. The average Bonchev–Trinajstić information content (AvgIpc) is 2.44. The van der Waals surface area contributed by atoms with Gasteiger partial charge >= 0.3 is 0 Å². The smallest absolute Gasteiger partial charge is 0.222 e. The van der Waals surface area contributed by atoms with Gasteiger partial charge in [0.1, 0.15) is 0 Å². The van der Waals surface area contributed by atoms with Crippen molar-refractivity contribution < 1.29 is 9.90 Å². The molecule has 0 radical (unpaired) electrons. The molecular weight excluding hydrogens is 252 g/mol. The van der Waals surface area contributed by atoms with Gasteiger partial charge in [0.25, 0.3) is 0 Å². The van der Waals surface area contributed by atoms with Crippen LogP contribution in [0.25, 0.3) is 0 Å². The summed E-state index contributed by atoms with van der Waals surface area (Å²) < 4.78 is 0. The van der Waals surface area contributed by atoms with Crippen LogP contribution >= 0.6 is 0 Å². The third kappa shape index (κ3) is 3.73. The number of likely N-dealkylation sites (N-methyl/N-ethyl adjacent to an activating group) is 1. The zero-order valence-corrected chi connectivity index (χ0v) is 12.1. The molecule has 1 amide bonds. The van der Waals surface area contributed by atoms with E-state index in [4.69, 9.17) is 5.73 Å². The lowest BCUT2D eigenvalue weighted by molar-refractivity contribution is -0.135. The largest absolute Gasteiger partial charge is 0.399 e. The van der Waals surface area contributed by atoms with Gasteiger partial charge < -0.3 is 15.7 Å². The van der Waals surface area contributed by atoms with E-state index in [2.05, 4.69) is 0 Å². The van der Waals surface area contributed by atoms with Crippen molar-refractivity contribution in [2.75, 3.05) is 12.8 Å². The summed E-state index contributed by atoms with van der Waals surface area (Å²) in [4.78, 5) is 14.0. The predicted molar refractivity (Wildman–Crippen MR) is 80.2 cm³/mol. The number of amides is 1. The first-order chi connectivity index (χ1) is 9.58. The quantitative estimate of drug-likeness (QED) is 0.826. The highest BCUT2D eigenvalue weighted by molar-refractivity contribution is 5.76. The SMILES string of the molecule is CN(C(=O)CCc1cccc(N)c1)C1CCCCC1O. The molecule has 0 aliphatic heterocycles. The van der Waals surface area contributed by atoms with Crippen LogP contribution in [-0.2, 0) is 11.2 Å². The molecule has 1 aliphatic rings. The average molecular weight is 276 g/mol. The summed E-state index contributed by atoms with van der Waals surface area (Å²) in [5, 5.41) is 10.00. The Labute approximate surface area is 120 Å². The Hall–Kier alpha value is -1.55. The van der Waals surface area contributed by atoms with Crippen molar-refractivity contribution in [3.63, 3.8) is 0 Å². The van der Waals surface area contributed by atoms with E-state index in [0.717, 1.165) is 36.9 Å². The molecule has 1 aromatic carbocycles. The molecular formula is C16H24N2O2. The van der Waals surface area contributed by atoms with Crippen LogP contribution < -0.4 is 5.73 Å². The van der Waals surface area contributed by atoms with Crippen LogP contribution in [0.2, 0.25) is 0 Å². The molecule has 2 rings (SSSR count). The van der Waals surface area contributed by atoms with Gasteiger partial charge in [-0.25, -0.2) is 0 Å². The number of aliphatic hydroxyl groups excluding tert-OH is 1. The number of aryl methyl sites for hydroxylation is 1. The van der Waals surface area contributed by atoms with E-state index in [9.17, 15) is 9.90 Å². The van der Waals surface area contributed by atoms with Gasteiger partial charge in [0.15, 0.2) is 0 Å². The topological polar surface area (TPSA) is 66.6 Å². The number of hydrogen-bond donors (Lipinski definition) is 2. The summed E-state index contributed by atoms with van der Waals surface area (Å²) >= 11 is 0. The third-order valence-electron chi connectivity index (χ3n) is 4.16. The standard InChI is InChI=1S/C16H24N2O2/c1-18(14-7-2-3-8-15(14)19)16(20)10-9-12-5-4-6-13(17)11-12/h4-6,11,14-15,19H,2-3,7-10,17H2,1H3. The van der Waals surface area contributed by atoms with Crippen LogP contribution in [0.3, 0.4) is 0 Å². The molecule has 4 heteroatoms. The lowest BCUT2D eigenvalue weighted by Gasteiger charge is -2.35. The highest BCUT2D eigenvalue weighted by Crippen LogP contribution is 2.23. The van der Waals surface area contributed by atoms with Crippen molar-refractivity contribution >= 4 is 11.6 Å². The van der Waals surface area contributed by atoms with Crippen molar-refractivity contribution in [1.82, 2.24) is 4.90 Å². The number of carbonyl (C=O) groups is 1. The lowest BCUT2D eigenvalue weighted by atomic mass is 9.91. The Bertz CT molecular complexity index is 462. The first-order valence-corrected chi connectivity index (χ1v) is 7.36. The molecule has 0 heterocycles. The van der Waals surface area contributed by atoms with Gasteiger partial charge in [0.2, 0.25) is 5.91 Å². The highest BCUT2D eigenvalue weighted by atomic mass is 16.3. The van der Waals surface area contributed by atoms with Crippen molar-refractivity contribution in [2.45, 2.75) is 50.7 Å². The highest BCUT2D eigenvalue weighted by Gasteiger charge is 2.28. The fraction of sp³-hybridized carbons (Fsp3) is 0.562. The number of benzene rings is 1. The van der Waals surface area contributed by atoms with Gasteiger partial charge in [0.05, 0.1) is 12.1 Å². The van der Waals surface area contributed by atoms with Crippen LogP contribution in [0.4, 0.5) is 5.69 Å². The van der Waals surface area contributed by atoms with Crippen molar-refractivity contribution in [1.29, 1.82) is 0 Å². The predicted octanol–water partition coefficient (Wildman–Crippen LogP) is 1.96.